The van der Waals surface area contributed by atoms with E-state index < -0.39 is 15.8 Å². The number of hydrogen-bond acceptors (Lipinski definition) is 6. The molecule has 5 rings (SSSR count). The quantitative estimate of drug-likeness (QED) is 0.506. The molecule has 1 saturated carbocycles. The molecule has 3 aromatic rings. The number of carbonyl (C=O) groups is 1. The number of carboxylic acid groups (broad SMARTS) is 1. The number of benzene rings is 1. The molecule has 0 unspecified atom stereocenters. The molecule has 182 valence electrons. The molecule has 9 heteroatoms. The predicted octanol–water partition coefficient (Wildman–Crippen LogP) is 4.81. The molecule has 0 spiro atoms. The zero-order valence-electron chi connectivity index (χ0n) is 19.6. The van der Waals surface area contributed by atoms with Crippen molar-refractivity contribution in [2.24, 2.45) is 11.8 Å². The van der Waals surface area contributed by atoms with Gasteiger partial charge < -0.3 is 10.1 Å². The SMILES string of the molecule is CS(=O)(=O)c1ccc2nc(-c3cnc(C4=CC=C(C5CCC(CC(=O)O)CC5)CC4)cn3)[nH]c2c1. The van der Waals surface area contributed by atoms with Gasteiger partial charge in [-0.2, -0.15) is 0 Å². The molecule has 0 aliphatic heterocycles. The van der Waals surface area contributed by atoms with Crippen LogP contribution in [0.5, 0.6) is 0 Å². The van der Waals surface area contributed by atoms with E-state index in [-0.39, 0.29) is 4.90 Å². The molecule has 0 bridgehead atoms. The summed E-state index contributed by atoms with van der Waals surface area (Å²) in [6, 6.07) is 4.82. The van der Waals surface area contributed by atoms with Gasteiger partial charge in [-0.05, 0) is 74.1 Å². The van der Waals surface area contributed by atoms with Gasteiger partial charge in [-0.1, -0.05) is 17.7 Å². The Morgan fingerprint density at radius 3 is 2.43 bits per heavy atom. The molecule has 35 heavy (non-hydrogen) atoms. The lowest BCUT2D eigenvalue weighted by Crippen LogP contribution is -2.19. The smallest absolute Gasteiger partial charge is 0.303 e. The van der Waals surface area contributed by atoms with Crippen LogP contribution in [-0.2, 0) is 14.6 Å². The Hall–Kier alpha value is -3.33. The van der Waals surface area contributed by atoms with Crippen LogP contribution in [0, 0.1) is 11.8 Å². The second-order valence-corrected chi connectivity index (χ2v) is 11.6. The predicted molar refractivity (Wildman–Crippen MR) is 133 cm³/mol. The number of fused-ring (bicyclic) bond motifs is 1. The van der Waals surface area contributed by atoms with E-state index in [0.29, 0.717) is 40.8 Å². The van der Waals surface area contributed by atoms with Gasteiger partial charge in [0.25, 0.3) is 0 Å². The molecular weight excluding hydrogens is 464 g/mol. The number of hydrogen-bond donors (Lipinski definition) is 2. The van der Waals surface area contributed by atoms with Crippen LogP contribution in [0.3, 0.4) is 0 Å². The average molecular weight is 493 g/mol. The fourth-order valence-corrected chi connectivity index (χ4v) is 5.80. The van der Waals surface area contributed by atoms with Gasteiger partial charge >= 0.3 is 5.97 Å². The van der Waals surface area contributed by atoms with Crippen molar-refractivity contribution in [1.29, 1.82) is 0 Å². The van der Waals surface area contributed by atoms with Crippen molar-refractivity contribution in [2.45, 2.75) is 49.8 Å². The largest absolute Gasteiger partial charge is 0.481 e. The number of rotatable bonds is 6. The van der Waals surface area contributed by atoms with Gasteiger partial charge in [-0.3, -0.25) is 9.78 Å². The van der Waals surface area contributed by atoms with E-state index in [9.17, 15) is 13.2 Å². The second-order valence-electron chi connectivity index (χ2n) is 9.57. The monoisotopic (exact) mass is 492 g/mol. The summed E-state index contributed by atoms with van der Waals surface area (Å²) >= 11 is 0. The van der Waals surface area contributed by atoms with Crippen molar-refractivity contribution in [3.63, 3.8) is 0 Å². The first-order chi connectivity index (χ1) is 16.8. The molecule has 0 amide bonds. The summed E-state index contributed by atoms with van der Waals surface area (Å²) in [4.78, 5) is 28.0. The Kier molecular flexibility index (Phi) is 6.27. The van der Waals surface area contributed by atoms with Gasteiger partial charge in [0.2, 0.25) is 0 Å². The minimum absolute atomic E-state index is 0.242. The van der Waals surface area contributed by atoms with Gasteiger partial charge in [-0.15, -0.1) is 0 Å². The Morgan fingerprint density at radius 2 is 1.80 bits per heavy atom. The third kappa shape index (κ3) is 5.19. The van der Waals surface area contributed by atoms with Crippen LogP contribution in [0.4, 0.5) is 0 Å². The van der Waals surface area contributed by atoms with Crippen molar-refractivity contribution in [1.82, 2.24) is 19.9 Å². The van der Waals surface area contributed by atoms with Crippen molar-refractivity contribution < 1.29 is 18.3 Å². The van der Waals surface area contributed by atoms with Crippen LogP contribution in [0.15, 0.2) is 53.2 Å². The molecular formula is C26H28N4O4S. The van der Waals surface area contributed by atoms with Crippen LogP contribution < -0.4 is 0 Å². The molecule has 0 saturated heterocycles. The number of aromatic amines is 1. The second kappa shape index (κ2) is 9.37. The highest BCUT2D eigenvalue weighted by Crippen LogP contribution is 2.39. The van der Waals surface area contributed by atoms with Crippen molar-refractivity contribution >= 4 is 32.4 Å². The van der Waals surface area contributed by atoms with E-state index in [0.717, 1.165) is 49.8 Å². The van der Waals surface area contributed by atoms with Crippen LogP contribution in [0.1, 0.15) is 50.6 Å². The number of sulfone groups is 1. The summed E-state index contributed by atoms with van der Waals surface area (Å²) < 4.78 is 23.6. The third-order valence-corrected chi connectivity index (χ3v) is 8.23. The lowest BCUT2D eigenvalue weighted by molar-refractivity contribution is -0.138. The van der Waals surface area contributed by atoms with Gasteiger partial charge in [0, 0.05) is 12.7 Å². The topological polar surface area (TPSA) is 126 Å². The summed E-state index contributed by atoms with van der Waals surface area (Å²) in [5, 5.41) is 9.01. The normalized spacial score (nSPS) is 20.9. The van der Waals surface area contributed by atoms with E-state index in [1.54, 1.807) is 30.6 Å². The highest BCUT2D eigenvalue weighted by molar-refractivity contribution is 7.90. The van der Waals surface area contributed by atoms with E-state index in [1.165, 1.54) is 11.8 Å². The van der Waals surface area contributed by atoms with Crippen LogP contribution in [0.25, 0.3) is 28.1 Å². The summed E-state index contributed by atoms with van der Waals surface area (Å²) in [5.74, 6) is 0.735. The zero-order valence-corrected chi connectivity index (χ0v) is 20.4. The molecule has 1 fully saturated rings. The number of aromatic nitrogens is 4. The molecule has 8 nitrogen and oxygen atoms in total. The molecule has 2 heterocycles. The van der Waals surface area contributed by atoms with Gasteiger partial charge in [0.15, 0.2) is 15.7 Å². The van der Waals surface area contributed by atoms with Crippen molar-refractivity contribution in [2.75, 3.05) is 6.26 Å². The molecule has 1 aromatic carbocycles. The maximum absolute atomic E-state index is 11.8. The molecule has 2 N–H and O–H groups in total. The van der Waals surface area contributed by atoms with E-state index in [4.69, 9.17) is 5.11 Å². The summed E-state index contributed by atoms with van der Waals surface area (Å²) in [6.45, 7) is 0. The number of aliphatic carboxylic acids is 1. The Balaban J connectivity index is 1.28. The fraction of sp³-hybridized carbons (Fsp3) is 0.385. The number of carboxylic acids is 1. The van der Waals surface area contributed by atoms with Gasteiger partial charge in [-0.25, -0.2) is 18.4 Å². The Morgan fingerprint density at radius 1 is 1.06 bits per heavy atom. The van der Waals surface area contributed by atoms with Crippen molar-refractivity contribution in [3.05, 3.63) is 54.0 Å². The maximum Gasteiger partial charge on any atom is 0.303 e. The van der Waals surface area contributed by atoms with E-state index in [1.807, 2.05) is 0 Å². The van der Waals surface area contributed by atoms with E-state index in [2.05, 4.69) is 32.1 Å². The number of imidazole rings is 1. The zero-order chi connectivity index (χ0) is 24.6. The highest BCUT2D eigenvalue weighted by Gasteiger charge is 2.26. The summed E-state index contributed by atoms with van der Waals surface area (Å²) in [5.41, 5.74) is 5.35. The highest BCUT2D eigenvalue weighted by atomic mass is 32.2. The minimum Gasteiger partial charge on any atom is -0.481 e. The molecule has 0 atom stereocenters. The molecule has 0 radical (unpaired) electrons. The minimum atomic E-state index is -3.29. The number of H-pyrrole nitrogens is 1. The van der Waals surface area contributed by atoms with E-state index >= 15 is 0 Å². The average Bonchev–Trinajstić information content (AvgIpc) is 3.28. The lowest BCUT2D eigenvalue weighted by Gasteiger charge is -2.30. The van der Waals surface area contributed by atoms with Crippen molar-refractivity contribution in [3.8, 4) is 11.5 Å². The Labute approximate surface area is 204 Å². The van der Waals surface area contributed by atoms with Crippen LogP contribution in [-0.4, -0.2) is 45.7 Å². The first-order valence-electron chi connectivity index (χ1n) is 11.9. The molecule has 2 aromatic heterocycles. The molecule has 2 aliphatic rings. The lowest BCUT2D eigenvalue weighted by atomic mass is 9.75. The Bertz CT molecular complexity index is 1430. The standard InChI is InChI=1S/C26H28N4O4S/c1-35(33,34)20-10-11-21-22(13-20)30-26(29-21)24-15-27-23(14-28-24)19-8-6-18(7-9-19)17-4-2-16(3-5-17)12-25(31)32/h6,8,10-11,13-17H,2-5,7,9,12H2,1H3,(H,29,30)(H,31,32). The van der Waals surface area contributed by atoms with Crippen LogP contribution in [0.2, 0.25) is 0 Å². The van der Waals surface area contributed by atoms with Gasteiger partial charge in [0.1, 0.15) is 5.69 Å². The number of nitrogens with zero attached hydrogens (tertiary/aromatic N) is 3. The fourth-order valence-electron chi connectivity index (χ4n) is 5.15. The molecule has 2 aliphatic carbocycles. The first kappa shape index (κ1) is 23.4. The summed E-state index contributed by atoms with van der Waals surface area (Å²) in [7, 11) is -3.29. The maximum atomic E-state index is 11.8. The summed E-state index contributed by atoms with van der Waals surface area (Å²) in [6.07, 6.45) is 15.3. The van der Waals surface area contributed by atoms with Crippen LogP contribution >= 0.6 is 0 Å². The van der Waals surface area contributed by atoms with Gasteiger partial charge in [0.05, 0.1) is 34.0 Å². The number of allylic oxidation sites excluding steroid dienone is 4. The number of nitrogens with one attached hydrogen (secondary N) is 1. The third-order valence-electron chi connectivity index (χ3n) is 7.12. The first-order valence-corrected chi connectivity index (χ1v) is 13.8.